The number of hydrogen-bond acceptors (Lipinski definition) is 3. The Bertz CT molecular complexity index is 501. The number of hydrogen-bond donors (Lipinski definition) is 3. The summed E-state index contributed by atoms with van der Waals surface area (Å²) in [5.74, 6) is -0.988. The molecule has 4 heteroatoms. The first kappa shape index (κ1) is 18.9. The summed E-state index contributed by atoms with van der Waals surface area (Å²) < 4.78 is 0. The van der Waals surface area contributed by atoms with Gasteiger partial charge in [0.2, 0.25) is 0 Å². The summed E-state index contributed by atoms with van der Waals surface area (Å²) in [6.07, 6.45) is 6.23. The van der Waals surface area contributed by atoms with Gasteiger partial charge in [-0.2, -0.15) is 0 Å². The molecular formula is C17H25NO3. The van der Waals surface area contributed by atoms with Crippen molar-refractivity contribution in [2.24, 2.45) is 0 Å². The molecule has 0 aliphatic heterocycles. The van der Waals surface area contributed by atoms with E-state index < -0.39 is 5.97 Å². The van der Waals surface area contributed by atoms with Gasteiger partial charge in [0.25, 0.3) is 0 Å². The number of aromatic carboxylic acids is 1. The molecule has 0 spiro atoms. The number of carboxylic acid groups (broad SMARTS) is 1. The lowest BCUT2D eigenvalue weighted by atomic mass is 10.1. The topological polar surface area (TPSA) is 83.5 Å². The van der Waals surface area contributed by atoms with E-state index in [0.29, 0.717) is 5.69 Å². The molecule has 4 nitrogen and oxygen atoms in total. The van der Waals surface area contributed by atoms with Crippen molar-refractivity contribution in [3.63, 3.8) is 0 Å². The number of carbonyl (C=O) groups is 1. The molecule has 0 amide bonds. The zero-order chi connectivity index (χ0) is 16.3. The van der Waals surface area contributed by atoms with Gasteiger partial charge in [-0.3, -0.25) is 0 Å². The first-order valence-corrected chi connectivity index (χ1v) is 6.86. The molecule has 4 N–H and O–H groups in total. The molecule has 0 saturated carbocycles. The number of anilines is 1. The van der Waals surface area contributed by atoms with Crippen molar-refractivity contribution in [3.05, 3.63) is 53.1 Å². The van der Waals surface area contributed by atoms with E-state index in [0.717, 1.165) is 12.8 Å². The Morgan fingerprint density at radius 3 is 2.24 bits per heavy atom. The Kier molecular flexibility index (Phi) is 9.63. The van der Waals surface area contributed by atoms with Crippen molar-refractivity contribution in [1.29, 1.82) is 0 Å². The van der Waals surface area contributed by atoms with Crippen molar-refractivity contribution in [2.45, 2.75) is 33.6 Å². The Morgan fingerprint density at radius 2 is 1.81 bits per heavy atom. The van der Waals surface area contributed by atoms with Crippen LogP contribution in [0, 0.1) is 0 Å². The van der Waals surface area contributed by atoms with Gasteiger partial charge in [-0.15, -0.1) is 0 Å². The molecule has 116 valence electrons. The fourth-order valence-corrected chi connectivity index (χ4v) is 1.54. The van der Waals surface area contributed by atoms with E-state index in [1.165, 1.54) is 17.2 Å². The van der Waals surface area contributed by atoms with E-state index >= 15 is 0 Å². The number of para-hydroxylation sites is 1. The third-order valence-corrected chi connectivity index (χ3v) is 2.72. The van der Waals surface area contributed by atoms with Crippen molar-refractivity contribution in [3.8, 4) is 0 Å². The minimum absolute atomic E-state index is 0.155. The van der Waals surface area contributed by atoms with Gasteiger partial charge in [-0.05, 0) is 45.7 Å². The maximum absolute atomic E-state index is 10.3. The standard InChI is InChI=1S/C10H18O.C7H7NO2/c1-9(2)5-4-6-10(3)7-8-11;8-6-4-2-1-3-5(6)7(9)10/h5,7,11H,4,6,8H2,1-3H3;1-4H,8H2,(H,9,10)/b10-7+;. The number of nitrogens with two attached hydrogens (primary N) is 1. The second-order valence-corrected chi connectivity index (χ2v) is 4.95. The van der Waals surface area contributed by atoms with Crippen molar-refractivity contribution in [2.75, 3.05) is 12.3 Å². The lowest BCUT2D eigenvalue weighted by Gasteiger charge is -1.96. The van der Waals surface area contributed by atoms with E-state index in [1.54, 1.807) is 18.2 Å². The highest BCUT2D eigenvalue weighted by Crippen LogP contribution is 2.09. The molecule has 0 atom stereocenters. The number of rotatable bonds is 5. The Labute approximate surface area is 126 Å². The highest BCUT2D eigenvalue weighted by atomic mass is 16.4. The SMILES string of the molecule is CC(C)=CCC/C(C)=C/CO.Nc1ccccc1C(=O)O. The molecule has 1 rings (SSSR count). The van der Waals surface area contributed by atoms with E-state index in [2.05, 4.69) is 26.8 Å². The van der Waals surface area contributed by atoms with Gasteiger partial charge >= 0.3 is 5.97 Å². The molecule has 0 aromatic heterocycles. The molecule has 1 aromatic rings. The highest BCUT2D eigenvalue weighted by Gasteiger charge is 2.03. The van der Waals surface area contributed by atoms with Crippen LogP contribution in [0.2, 0.25) is 0 Å². The smallest absolute Gasteiger partial charge is 0.337 e. The molecule has 0 aliphatic carbocycles. The fourth-order valence-electron chi connectivity index (χ4n) is 1.54. The van der Waals surface area contributed by atoms with Gasteiger partial charge in [0.15, 0.2) is 0 Å². The molecule has 0 bridgehead atoms. The van der Waals surface area contributed by atoms with Gasteiger partial charge in [0.05, 0.1) is 12.2 Å². The third-order valence-electron chi connectivity index (χ3n) is 2.72. The second kappa shape index (κ2) is 10.7. The maximum Gasteiger partial charge on any atom is 0.337 e. The lowest BCUT2D eigenvalue weighted by molar-refractivity contribution is 0.0698. The summed E-state index contributed by atoms with van der Waals surface area (Å²) >= 11 is 0. The number of aliphatic hydroxyl groups excluding tert-OH is 1. The van der Waals surface area contributed by atoms with Gasteiger partial charge in [0, 0.05) is 5.69 Å². The van der Waals surface area contributed by atoms with Crippen LogP contribution in [0.3, 0.4) is 0 Å². The van der Waals surface area contributed by atoms with Crippen LogP contribution < -0.4 is 5.73 Å². The van der Waals surface area contributed by atoms with E-state index in [9.17, 15) is 4.79 Å². The molecule has 0 heterocycles. The monoisotopic (exact) mass is 291 g/mol. The van der Waals surface area contributed by atoms with Crippen LogP contribution in [-0.4, -0.2) is 22.8 Å². The minimum Gasteiger partial charge on any atom is -0.478 e. The average molecular weight is 291 g/mol. The summed E-state index contributed by atoms with van der Waals surface area (Å²) in [7, 11) is 0. The first-order chi connectivity index (χ1) is 9.88. The average Bonchev–Trinajstić information content (AvgIpc) is 2.39. The lowest BCUT2D eigenvalue weighted by Crippen LogP contribution is -2.00. The van der Waals surface area contributed by atoms with E-state index in [-0.39, 0.29) is 12.2 Å². The Morgan fingerprint density at radius 1 is 1.19 bits per heavy atom. The van der Waals surface area contributed by atoms with Crippen LogP contribution in [0.4, 0.5) is 5.69 Å². The van der Waals surface area contributed by atoms with Crippen LogP contribution in [0.15, 0.2) is 47.6 Å². The van der Waals surface area contributed by atoms with Crippen LogP contribution >= 0.6 is 0 Å². The number of benzene rings is 1. The predicted octanol–water partition coefficient (Wildman–Crippen LogP) is 3.64. The van der Waals surface area contributed by atoms with Crippen molar-refractivity contribution in [1.82, 2.24) is 0 Å². The van der Waals surface area contributed by atoms with Crippen molar-refractivity contribution >= 4 is 11.7 Å². The fraction of sp³-hybridized carbons (Fsp3) is 0.353. The second-order valence-electron chi connectivity index (χ2n) is 4.95. The van der Waals surface area contributed by atoms with Gasteiger partial charge in [-0.25, -0.2) is 4.79 Å². The van der Waals surface area contributed by atoms with Crippen molar-refractivity contribution < 1.29 is 15.0 Å². The summed E-state index contributed by atoms with van der Waals surface area (Å²) in [4.78, 5) is 10.3. The highest BCUT2D eigenvalue weighted by molar-refractivity contribution is 5.93. The summed E-state index contributed by atoms with van der Waals surface area (Å²) in [6, 6.07) is 6.36. The predicted molar refractivity (Wildman–Crippen MR) is 87.3 cm³/mol. The number of nitrogen functional groups attached to an aromatic ring is 1. The Hall–Kier alpha value is -2.07. The van der Waals surface area contributed by atoms with Crippen LogP contribution in [0.25, 0.3) is 0 Å². The molecule has 0 saturated heterocycles. The number of carboxylic acids is 1. The molecule has 0 unspecified atom stereocenters. The number of allylic oxidation sites excluding steroid dienone is 3. The largest absolute Gasteiger partial charge is 0.478 e. The van der Waals surface area contributed by atoms with E-state index in [1.807, 2.05) is 6.08 Å². The summed E-state index contributed by atoms with van der Waals surface area (Å²) in [5.41, 5.74) is 8.43. The minimum atomic E-state index is -0.988. The zero-order valence-electron chi connectivity index (χ0n) is 13.0. The van der Waals surface area contributed by atoms with E-state index in [4.69, 9.17) is 15.9 Å². The summed E-state index contributed by atoms with van der Waals surface area (Å²) in [6.45, 7) is 6.42. The first-order valence-electron chi connectivity index (χ1n) is 6.86. The molecule has 0 radical (unpaired) electrons. The Balaban J connectivity index is 0.000000382. The molecule has 21 heavy (non-hydrogen) atoms. The van der Waals surface area contributed by atoms with Crippen LogP contribution in [0.1, 0.15) is 44.0 Å². The summed E-state index contributed by atoms with van der Waals surface area (Å²) in [5, 5.41) is 17.0. The maximum atomic E-state index is 10.3. The quantitative estimate of drug-likeness (QED) is 0.571. The molecular weight excluding hydrogens is 266 g/mol. The molecule has 1 aromatic carbocycles. The molecule has 0 fully saturated rings. The van der Waals surface area contributed by atoms with Crippen LogP contribution in [0.5, 0.6) is 0 Å². The third kappa shape index (κ3) is 9.46. The zero-order valence-corrected chi connectivity index (χ0v) is 13.0. The number of aliphatic hydroxyl groups is 1. The van der Waals surface area contributed by atoms with Gasteiger partial charge < -0.3 is 15.9 Å². The van der Waals surface area contributed by atoms with Gasteiger partial charge in [0.1, 0.15) is 0 Å². The molecule has 0 aliphatic rings. The normalized spacial score (nSPS) is 10.4. The van der Waals surface area contributed by atoms with Crippen LogP contribution in [-0.2, 0) is 0 Å². The van der Waals surface area contributed by atoms with Gasteiger partial charge in [-0.1, -0.05) is 35.4 Å².